The summed E-state index contributed by atoms with van der Waals surface area (Å²) in [4.78, 5) is 6.70. The van der Waals surface area contributed by atoms with Gasteiger partial charge in [0.1, 0.15) is 6.10 Å². The molecule has 2 saturated heterocycles. The molecule has 0 spiro atoms. The number of rotatable bonds is 3. The van der Waals surface area contributed by atoms with Crippen LogP contribution >= 0.6 is 0 Å². The van der Waals surface area contributed by atoms with Crippen LogP contribution in [0.25, 0.3) is 0 Å². The molecule has 1 aromatic carbocycles. The summed E-state index contributed by atoms with van der Waals surface area (Å²) in [5.41, 5.74) is 1.26. The van der Waals surface area contributed by atoms with E-state index in [0.717, 1.165) is 51.6 Å². The molecule has 2 aliphatic rings. The van der Waals surface area contributed by atoms with Gasteiger partial charge in [0.25, 0.3) is 0 Å². The molecule has 0 radical (unpaired) electrons. The van der Waals surface area contributed by atoms with Crippen molar-refractivity contribution in [3.05, 3.63) is 35.9 Å². The van der Waals surface area contributed by atoms with Gasteiger partial charge in [-0.2, -0.15) is 0 Å². The molecular weight excluding hydrogens is 278 g/mol. The summed E-state index contributed by atoms with van der Waals surface area (Å²) in [6, 6.07) is 10.4. The summed E-state index contributed by atoms with van der Waals surface area (Å²) in [6.45, 7) is 4.11. The Morgan fingerprint density at radius 3 is 2.77 bits per heavy atom. The average molecular weight is 303 g/mol. The zero-order valence-electron chi connectivity index (χ0n) is 13.2. The van der Waals surface area contributed by atoms with Crippen molar-refractivity contribution in [2.45, 2.75) is 31.6 Å². The fourth-order valence-electron chi connectivity index (χ4n) is 3.10. The molecule has 2 unspecified atom stereocenters. The number of nitrogens with zero attached hydrogens (tertiary/aromatic N) is 2. The van der Waals surface area contributed by atoms with Gasteiger partial charge in [-0.3, -0.25) is 4.99 Å². The highest BCUT2D eigenvalue weighted by molar-refractivity contribution is 5.80. The fraction of sp³-hybridized carbons (Fsp3) is 0.588. The van der Waals surface area contributed by atoms with E-state index >= 15 is 0 Å². The highest BCUT2D eigenvalue weighted by Crippen LogP contribution is 2.21. The molecule has 5 heteroatoms. The molecule has 0 aliphatic carbocycles. The van der Waals surface area contributed by atoms with Crippen LogP contribution in [-0.4, -0.2) is 56.4 Å². The van der Waals surface area contributed by atoms with Gasteiger partial charge in [-0.25, -0.2) is 0 Å². The van der Waals surface area contributed by atoms with Crippen molar-refractivity contribution >= 4 is 5.96 Å². The Morgan fingerprint density at radius 2 is 2.05 bits per heavy atom. The second-order valence-electron chi connectivity index (χ2n) is 5.79. The van der Waals surface area contributed by atoms with Crippen LogP contribution in [0.5, 0.6) is 0 Å². The molecule has 0 saturated carbocycles. The topological polar surface area (TPSA) is 46.1 Å². The minimum atomic E-state index is 0.159. The van der Waals surface area contributed by atoms with E-state index in [9.17, 15) is 0 Å². The van der Waals surface area contributed by atoms with Gasteiger partial charge in [-0.15, -0.1) is 0 Å². The summed E-state index contributed by atoms with van der Waals surface area (Å²) < 4.78 is 11.7. The van der Waals surface area contributed by atoms with Gasteiger partial charge in [0.05, 0.1) is 12.7 Å². The molecule has 3 rings (SSSR count). The molecule has 22 heavy (non-hydrogen) atoms. The van der Waals surface area contributed by atoms with Crippen molar-refractivity contribution in [2.75, 3.05) is 33.4 Å². The zero-order chi connectivity index (χ0) is 15.2. The van der Waals surface area contributed by atoms with E-state index in [1.807, 2.05) is 13.1 Å². The van der Waals surface area contributed by atoms with Crippen molar-refractivity contribution in [3.8, 4) is 0 Å². The lowest BCUT2D eigenvalue weighted by atomic mass is 10.1. The Balaban J connectivity index is 1.56. The number of benzene rings is 1. The van der Waals surface area contributed by atoms with Crippen LogP contribution in [0.4, 0.5) is 0 Å². The van der Waals surface area contributed by atoms with E-state index in [1.54, 1.807) is 0 Å². The van der Waals surface area contributed by atoms with Gasteiger partial charge in [0.2, 0.25) is 0 Å². The Hall–Kier alpha value is -1.59. The fourth-order valence-corrected chi connectivity index (χ4v) is 3.10. The summed E-state index contributed by atoms with van der Waals surface area (Å²) in [5.74, 6) is 0.940. The van der Waals surface area contributed by atoms with E-state index in [0.29, 0.717) is 0 Å². The standard InChI is InChI=1S/C17H25N3O2/c1-18-17(19-12-14-6-3-2-4-7-14)20-9-11-22-16(13-20)15-8-5-10-21-15/h2-4,6-7,15-16H,5,8-13H2,1H3,(H,18,19). The number of nitrogens with one attached hydrogen (secondary N) is 1. The van der Waals surface area contributed by atoms with Crippen LogP contribution in [-0.2, 0) is 16.0 Å². The summed E-state index contributed by atoms with van der Waals surface area (Å²) in [7, 11) is 1.84. The molecule has 2 atom stereocenters. The zero-order valence-corrected chi connectivity index (χ0v) is 13.2. The summed E-state index contributed by atoms with van der Waals surface area (Å²) in [5, 5.41) is 3.45. The first-order valence-corrected chi connectivity index (χ1v) is 8.09. The molecule has 0 bridgehead atoms. The maximum Gasteiger partial charge on any atom is 0.194 e. The van der Waals surface area contributed by atoms with Crippen molar-refractivity contribution in [1.29, 1.82) is 0 Å². The highest BCUT2D eigenvalue weighted by atomic mass is 16.5. The smallest absolute Gasteiger partial charge is 0.194 e. The van der Waals surface area contributed by atoms with Gasteiger partial charge >= 0.3 is 0 Å². The largest absolute Gasteiger partial charge is 0.375 e. The first-order valence-electron chi connectivity index (χ1n) is 8.09. The molecule has 120 valence electrons. The number of aliphatic imine (C=N–C) groups is 1. The number of ether oxygens (including phenoxy) is 2. The van der Waals surface area contributed by atoms with E-state index in [1.165, 1.54) is 5.56 Å². The second kappa shape index (κ2) is 7.61. The Labute approximate surface area is 132 Å². The molecule has 1 N–H and O–H groups in total. The second-order valence-corrected chi connectivity index (χ2v) is 5.79. The van der Waals surface area contributed by atoms with Crippen LogP contribution in [0, 0.1) is 0 Å². The lowest BCUT2D eigenvalue weighted by molar-refractivity contribution is -0.0817. The van der Waals surface area contributed by atoms with Gasteiger partial charge in [-0.05, 0) is 18.4 Å². The molecule has 1 aromatic rings. The van der Waals surface area contributed by atoms with Crippen molar-refractivity contribution in [1.82, 2.24) is 10.2 Å². The predicted molar refractivity (Wildman–Crippen MR) is 86.9 cm³/mol. The van der Waals surface area contributed by atoms with Crippen LogP contribution in [0.1, 0.15) is 18.4 Å². The van der Waals surface area contributed by atoms with Crippen LogP contribution < -0.4 is 5.32 Å². The normalized spacial score (nSPS) is 26.2. The number of hydrogen-bond acceptors (Lipinski definition) is 3. The van der Waals surface area contributed by atoms with Gasteiger partial charge in [0.15, 0.2) is 5.96 Å². The maximum atomic E-state index is 5.90. The van der Waals surface area contributed by atoms with Gasteiger partial charge in [-0.1, -0.05) is 30.3 Å². The van der Waals surface area contributed by atoms with E-state index in [4.69, 9.17) is 9.47 Å². The van der Waals surface area contributed by atoms with Gasteiger partial charge < -0.3 is 19.7 Å². The SMILES string of the molecule is CN=C(NCc1ccccc1)N1CCOC(C2CCCO2)C1. The lowest BCUT2D eigenvalue weighted by Gasteiger charge is -2.37. The summed E-state index contributed by atoms with van der Waals surface area (Å²) >= 11 is 0. The third-order valence-electron chi connectivity index (χ3n) is 4.28. The predicted octanol–water partition coefficient (Wildman–Crippen LogP) is 1.64. The van der Waals surface area contributed by atoms with Crippen molar-refractivity contribution in [2.24, 2.45) is 4.99 Å². The first-order chi connectivity index (χ1) is 10.9. The number of morpholine rings is 1. The van der Waals surface area contributed by atoms with Crippen LogP contribution in [0.2, 0.25) is 0 Å². The van der Waals surface area contributed by atoms with E-state index < -0.39 is 0 Å². The van der Waals surface area contributed by atoms with E-state index in [2.05, 4.69) is 39.5 Å². The minimum Gasteiger partial charge on any atom is -0.375 e. The number of guanidine groups is 1. The molecule has 2 fully saturated rings. The third kappa shape index (κ3) is 3.78. The first kappa shape index (κ1) is 15.3. The lowest BCUT2D eigenvalue weighted by Crippen LogP contribution is -2.53. The maximum absolute atomic E-state index is 5.90. The molecular formula is C17H25N3O2. The third-order valence-corrected chi connectivity index (χ3v) is 4.28. The van der Waals surface area contributed by atoms with Crippen LogP contribution in [0.15, 0.2) is 35.3 Å². The molecule has 2 heterocycles. The van der Waals surface area contributed by atoms with Crippen molar-refractivity contribution < 1.29 is 9.47 Å². The molecule has 2 aliphatic heterocycles. The summed E-state index contributed by atoms with van der Waals surface area (Å²) in [6.07, 6.45) is 2.65. The Bertz CT molecular complexity index is 486. The van der Waals surface area contributed by atoms with Gasteiger partial charge in [0, 0.05) is 33.3 Å². The molecule has 0 amide bonds. The Kier molecular flexibility index (Phi) is 5.29. The molecule has 0 aromatic heterocycles. The monoisotopic (exact) mass is 303 g/mol. The average Bonchev–Trinajstić information content (AvgIpc) is 3.11. The highest BCUT2D eigenvalue weighted by Gasteiger charge is 2.32. The van der Waals surface area contributed by atoms with E-state index in [-0.39, 0.29) is 12.2 Å². The quantitative estimate of drug-likeness (QED) is 0.681. The minimum absolute atomic E-state index is 0.159. The van der Waals surface area contributed by atoms with Crippen LogP contribution in [0.3, 0.4) is 0 Å². The Morgan fingerprint density at radius 1 is 1.23 bits per heavy atom. The number of hydrogen-bond donors (Lipinski definition) is 1. The molecule has 5 nitrogen and oxygen atoms in total. The van der Waals surface area contributed by atoms with Crippen molar-refractivity contribution in [3.63, 3.8) is 0 Å².